The van der Waals surface area contributed by atoms with Gasteiger partial charge < -0.3 is 0 Å². The first-order chi connectivity index (χ1) is 5.56. The fraction of sp³-hybridized carbons (Fsp3) is 0.889. The van der Waals surface area contributed by atoms with Crippen LogP contribution in [0.3, 0.4) is 0 Å². The second-order valence-electron chi connectivity index (χ2n) is 3.79. The van der Waals surface area contributed by atoms with E-state index >= 15 is 0 Å². The highest BCUT2D eigenvalue weighted by atomic mass is 19.3. The minimum atomic E-state index is -2.78. The first-order valence-corrected chi connectivity index (χ1v) is 4.39. The molecule has 0 amide bonds. The average molecular weight is 176 g/mol. The van der Waals surface area contributed by atoms with Crippen molar-refractivity contribution < 1.29 is 13.6 Å². The first kappa shape index (κ1) is 9.62. The molecule has 0 aromatic carbocycles. The Morgan fingerprint density at radius 2 is 1.75 bits per heavy atom. The molecule has 1 rings (SSSR count). The molecule has 0 radical (unpaired) electrons. The minimum absolute atomic E-state index is 0.635. The Morgan fingerprint density at radius 3 is 2.17 bits per heavy atom. The summed E-state index contributed by atoms with van der Waals surface area (Å²) in [5.74, 6) is -0.859. The summed E-state index contributed by atoms with van der Waals surface area (Å²) in [4.78, 5) is 11.1. The van der Waals surface area contributed by atoms with E-state index in [2.05, 4.69) is 0 Å². The summed E-state index contributed by atoms with van der Waals surface area (Å²) >= 11 is 0. The monoisotopic (exact) mass is 176 g/mol. The maximum absolute atomic E-state index is 12.1. The van der Waals surface area contributed by atoms with Gasteiger partial charge in [-0.3, -0.25) is 4.79 Å². The van der Waals surface area contributed by atoms with Crippen LogP contribution < -0.4 is 0 Å². The Labute approximate surface area is 71.1 Å². The van der Waals surface area contributed by atoms with Crippen LogP contribution in [0.25, 0.3) is 0 Å². The molecule has 0 bridgehead atoms. The van der Waals surface area contributed by atoms with E-state index in [1.54, 1.807) is 6.92 Å². The third-order valence-corrected chi connectivity index (χ3v) is 2.75. The Hall–Kier alpha value is -0.470. The molecule has 3 heteroatoms. The number of ketones is 1. The number of rotatable bonds is 2. The molecule has 12 heavy (non-hydrogen) atoms. The highest BCUT2D eigenvalue weighted by Crippen LogP contribution is 2.37. The Balaban J connectivity index is 2.62. The van der Waals surface area contributed by atoms with Gasteiger partial charge in [-0.25, -0.2) is 8.78 Å². The zero-order valence-electron chi connectivity index (χ0n) is 7.28. The molecule has 0 heterocycles. The van der Waals surface area contributed by atoms with Crippen molar-refractivity contribution in [2.75, 3.05) is 0 Å². The first-order valence-electron chi connectivity index (χ1n) is 4.39. The van der Waals surface area contributed by atoms with Gasteiger partial charge >= 0.3 is 0 Å². The molecule has 0 unspecified atom stereocenters. The van der Waals surface area contributed by atoms with Crippen molar-refractivity contribution in [1.29, 1.82) is 0 Å². The van der Waals surface area contributed by atoms with Gasteiger partial charge in [0.1, 0.15) is 0 Å². The molecule has 0 N–H and O–H groups in total. The van der Waals surface area contributed by atoms with E-state index in [0.717, 1.165) is 19.3 Å². The van der Waals surface area contributed by atoms with Crippen molar-refractivity contribution in [3.05, 3.63) is 0 Å². The molecule has 0 spiro atoms. The third kappa shape index (κ3) is 1.82. The average Bonchev–Trinajstić information content (AvgIpc) is 2.04. The maximum Gasteiger partial charge on any atom is 0.296 e. The summed E-state index contributed by atoms with van der Waals surface area (Å²) in [6.45, 7) is 1.67. The van der Waals surface area contributed by atoms with Crippen molar-refractivity contribution in [3.8, 4) is 0 Å². The number of hydrogen-bond acceptors (Lipinski definition) is 1. The fourth-order valence-corrected chi connectivity index (χ4v) is 1.84. The Bertz CT molecular complexity index is 171. The quantitative estimate of drug-likeness (QED) is 0.632. The van der Waals surface area contributed by atoms with E-state index in [9.17, 15) is 13.6 Å². The lowest BCUT2D eigenvalue weighted by Gasteiger charge is -2.31. The molecule has 0 atom stereocenters. The van der Waals surface area contributed by atoms with Crippen LogP contribution >= 0.6 is 0 Å². The van der Waals surface area contributed by atoms with Gasteiger partial charge in [-0.2, -0.15) is 0 Å². The van der Waals surface area contributed by atoms with Crippen molar-refractivity contribution in [2.45, 2.75) is 45.5 Å². The second kappa shape index (κ2) is 3.50. The van der Waals surface area contributed by atoms with Crippen LogP contribution in [-0.2, 0) is 4.79 Å². The van der Waals surface area contributed by atoms with Crippen LogP contribution in [0.15, 0.2) is 0 Å². The summed E-state index contributed by atoms with van der Waals surface area (Å²) in [7, 11) is 0. The van der Waals surface area contributed by atoms with Crippen molar-refractivity contribution >= 4 is 5.78 Å². The highest BCUT2D eigenvalue weighted by molar-refractivity contribution is 5.87. The number of carbonyl (C=O) groups excluding carboxylic acids is 1. The number of hydrogen-bond donors (Lipinski definition) is 0. The number of alkyl halides is 2. The lowest BCUT2D eigenvalue weighted by Crippen LogP contribution is -2.34. The molecule has 0 aromatic rings. The van der Waals surface area contributed by atoms with Gasteiger partial charge in [-0.05, 0) is 12.8 Å². The van der Waals surface area contributed by atoms with E-state index in [-0.39, 0.29) is 0 Å². The lowest BCUT2D eigenvalue weighted by molar-refractivity contribution is -0.140. The van der Waals surface area contributed by atoms with E-state index in [1.165, 1.54) is 0 Å². The van der Waals surface area contributed by atoms with E-state index < -0.39 is 17.6 Å². The predicted molar refractivity (Wildman–Crippen MR) is 42.2 cm³/mol. The van der Waals surface area contributed by atoms with Crippen LogP contribution in [0.5, 0.6) is 0 Å². The van der Waals surface area contributed by atoms with Crippen LogP contribution in [0.1, 0.15) is 39.0 Å². The van der Waals surface area contributed by atoms with Crippen LogP contribution in [0.2, 0.25) is 0 Å². The molecule has 1 aliphatic rings. The standard InChI is InChI=1S/C9H14F2O/c1-9(7(12)8(10)11)5-3-2-4-6-9/h8H,2-6H2,1H3. The topological polar surface area (TPSA) is 17.1 Å². The van der Waals surface area contributed by atoms with E-state index in [4.69, 9.17) is 0 Å². The molecule has 1 saturated carbocycles. The molecular formula is C9H14F2O. The molecule has 1 aliphatic carbocycles. The molecular weight excluding hydrogens is 162 g/mol. The minimum Gasteiger partial charge on any atom is -0.293 e. The zero-order valence-corrected chi connectivity index (χ0v) is 7.28. The molecule has 70 valence electrons. The second-order valence-corrected chi connectivity index (χ2v) is 3.79. The third-order valence-electron chi connectivity index (χ3n) is 2.75. The summed E-state index contributed by atoms with van der Waals surface area (Å²) in [6, 6.07) is 0. The van der Waals surface area contributed by atoms with E-state index in [1.807, 2.05) is 0 Å². The lowest BCUT2D eigenvalue weighted by atomic mass is 9.73. The van der Waals surface area contributed by atoms with Crippen molar-refractivity contribution in [3.63, 3.8) is 0 Å². The highest BCUT2D eigenvalue weighted by Gasteiger charge is 2.38. The Morgan fingerprint density at radius 1 is 1.25 bits per heavy atom. The van der Waals surface area contributed by atoms with Gasteiger partial charge in [0, 0.05) is 5.41 Å². The summed E-state index contributed by atoms with van der Waals surface area (Å²) in [5.41, 5.74) is -0.730. The maximum atomic E-state index is 12.1. The van der Waals surface area contributed by atoms with Gasteiger partial charge in [0.2, 0.25) is 5.78 Å². The van der Waals surface area contributed by atoms with Gasteiger partial charge in [0.15, 0.2) is 0 Å². The predicted octanol–water partition coefficient (Wildman–Crippen LogP) is 2.79. The molecule has 0 saturated heterocycles. The summed E-state index contributed by atoms with van der Waals surface area (Å²) in [6.07, 6.45) is 1.38. The molecule has 1 fully saturated rings. The number of Topliss-reactive ketones (excluding diaryl/α,β-unsaturated/α-hetero) is 1. The molecule has 0 aromatic heterocycles. The van der Waals surface area contributed by atoms with Crippen LogP contribution in [0.4, 0.5) is 8.78 Å². The van der Waals surface area contributed by atoms with Crippen LogP contribution in [0, 0.1) is 5.41 Å². The van der Waals surface area contributed by atoms with Gasteiger partial charge in [-0.1, -0.05) is 26.2 Å². The van der Waals surface area contributed by atoms with Crippen molar-refractivity contribution in [2.24, 2.45) is 5.41 Å². The van der Waals surface area contributed by atoms with Gasteiger partial charge in [0.25, 0.3) is 6.43 Å². The van der Waals surface area contributed by atoms with Gasteiger partial charge in [0.05, 0.1) is 0 Å². The van der Waals surface area contributed by atoms with Gasteiger partial charge in [-0.15, -0.1) is 0 Å². The molecule has 0 aliphatic heterocycles. The number of carbonyl (C=O) groups is 1. The fourth-order valence-electron chi connectivity index (χ4n) is 1.84. The van der Waals surface area contributed by atoms with E-state index in [0.29, 0.717) is 12.8 Å². The molecule has 1 nitrogen and oxygen atoms in total. The SMILES string of the molecule is CC1(C(=O)C(F)F)CCCCC1. The normalized spacial score (nSPS) is 22.7. The Kier molecular flexibility index (Phi) is 2.80. The summed E-state index contributed by atoms with van der Waals surface area (Å²) < 4.78 is 24.2. The zero-order chi connectivity index (χ0) is 9.19. The number of halogens is 2. The smallest absolute Gasteiger partial charge is 0.293 e. The summed E-state index contributed by atoms with van der Waals surface area (Å²) in [5, 5.41) is 0. The largest absolute Gasteiger partial charge is 0.296 e. The van der Waals surface area contributed by atoms with Crippen LogP contribution in [-0.4, -0.2) is 12.2 Å². The van der Waals surface area contributed by atoms with Crippen molar-refractivity contribution in [1.82, 2.24) is 0 Å².